The van der Waals surface area contributed by atoms with E-state index in [0.717, 1.165) is 32.0 Å². The SMILES string of the molecule is COc1ccc(OC2CCN(C3CCCC3)CC2)c(C(=O)N[C@H](C)CO)c1. The number of piperidine rings is 1. The zero-order valence-electron chi connectivity index (χ0n) is 16.4. The molecule has 0 spiro atoms. The first kappa shape index (κ1) is 20.0. The maximum absolute atomic E-state index is 12.6. The molecule has 1 aliphatic heterocycles. The smallest absolute Gasteiger partial charge is 0.255 e. The van der Waals surface area contributed by atoms with Crippen LogP contribution in [0.5, 0.6) is 11.5 Å². The van der Waals surface area contributed by atoms with Gasteiger partial charge < -0.3 is 24.8 Å². The molecule has 6 nitrogen and oxygen atoms in total. The molecule has 2 fully saturated rings. The minimum atomic E-state index is -0.314. The fourth-order valence-electron chi connectivity index (χ4n) is 4.07. The molecule has 0 radical (unpaired) electrons. The van der Waals surface area contributed by atoms with Gasteiger partial charge in [0.05, 0.1) is 19.3 Å². The predicted octanol–water partition coefficient (Wildman–Crippen LogP) is 2.59. The van der Waals surface area contributed by atoms with E-state index in [1.54, 1.807) is 26.2 Å². The van der Waals surface area contributed by atoms with Crippen LogP contribution in [0.15, 0.2) is 18.2 Å². The molecule has 0 bridgehead atoms. The van der Waals surface area contributed by atoms with Gasteiger partial charge in [0.1, 0.15) is 17.6 Å². The van der Waals surface area contributed by atoms with Crippen molar-refractivity contribution in [2.45, 2.75) is 63.6 Å². The van der Waals surface area contributed by atoms with E-state index in [-0.39, 0.29) is 24.7 Å². The van der Waals surface area contributed by atoms with Gasteiger partial charge >= 0.3 is 0 Å². The summed E-state index contributed by atoms with van der Waals surface area (Å²) in [7, 11) is 1.58. The summed E-state index contributed by atoms with van der Waals surface area (Å²) in [6.07, 6.45) is 7.47. The number of hydrogen-bond acceptors (Lipinski definition) is 5. The third-order valence-corrected chi connectivity index (χ3v) is 5.69. The Bertz CT molecular complexity index is 623. The van der Waals surface area contributed by atoms with Crippen molar-refractivity contribution in [3.8, 4) is 11.5 Å². The summed E-state index contributed by atoms with van der Waals surface area (Å²) in [5, 5.41) is 12.0. The van der Waals surface area contributed by atoms with Crippen molar-refractivity contribution >= 4 is 5.91 Å². The van der Waals surface area contributed by atoms with Gasteiger partial charge in [-0.2, -0.15) is 0 Å². The van der Waals surface area contributed by atoms with Crippen LogP contribution in [0.4, 0.5) is 0 Å². The van der Waals surface area contributed by atoms with Gasteiger partial charge in [0.25, 0.3) is 5.91 Å². The Labute approximate surface area is 161 Å². The summed E-state index contributed by atoms with van der Waals surface area (Å²) >= 11 is 0. The van der Waals surface area contributed by atoms with E-state index in [4.69, 9.17) is 9.47 Å². The highest BCUT2D eigenvalue weighted by Gasteiger charge is 2.28. The average molecular weight is 376 g/mol. The molecule has 1 atom stereocenters. The van der Waals surface area contributed by atoms with Crippen LogP contribution in [0.3, 0.4) is 0 Å². The number of carbonyl (C=O) groups excluding carboxylic acids is 1. The molecule has 150 valence electrons. The van der Waals surface area contributed by atoms with Crippen LogP contribution >= 0.6 is 0 Å². The number of rotatable bonds is 7. The van der Waals surface area contributed by atoms with Crippen molar-refractivity contribution < 1.29 is 19.4 Å². The van der Waals surface area contributed by atoms with E-state index in [9.17, 15) is 9.90 Å². The molecule has 1 amide bonds. The second-order valence-corrected chi connectivity index (χ2v) is 7.71. The molecule has 1 aromatic rings. The van der Waals surface area contributed by atoms with Crippen LogP contribution in [-0.2, 0) is 0 Å². The third-order valence-electron chi connectivity index (χ3n) is 5.69. The first-order valence-corrected chi connectivity index (χ1v) is 10.1. The van der Waals surface area contributed by atoms with Crippen molar-refractivity contribution in [1.29, 1.82) is 0 Å². The summed E-state index contributed by atoms with van der Waals surface area (Å²) in [6.45, 7) is 3.78. The van der Waals surface area contributed by atoms with Gasteiger partial charge in [0, 0.05) is 25.2 Å². The summed E-state index contributed by atoms with van der Waals surface area (Å²) in [6, 6.07) is 5.76. The molecule has 2 N–H and O–H groups in total. The van der Waals surface area contributed by atoms with E-state index in [1.165, 1.54) is 25.7 Å². The van der Waals surface area contributed by atoms with E-state index in [1.807, 2.05) is 6.07 Å². The van der Waals surface area contributed by atoms with Gasteiger partial charge in [-0.3, -0.25) is 4.79 Å². The van der Waals surface area contributed by atoms with Crippen molar-refractivity contribution in [2.24, 2.45) is 0 Å². The van der Waals surface area contributed by atoms with Gasteiger partial charge in [0.2, 0.25) is 0 Å². The number of nitrogens with zero attached hydrogens (tertiary/aromatic N) is 1. The Morgan fingerprint density at radius 3 is 2.59 bits per heavy atom. The number of aliphatic hydroxyl groups excluding tert-OH is 1. The molecule has 0 aromatic heterocycles. The van der Waals surface area contributed by atoms with Gasteiger partial charge in [0.15, 0.2) is 0 Å². The molecular formula is C21H32N2O4. The molecule has 2 aliphatic rings. The van der Waals surface area contributed by atoms with Crippen LogP contribution in [0, 0.1) is 0 Å². The lowest BCUT2D eigenvalue weighted by Gasteiger charge is -2.36. The lowest BCUT2D eigenvalue weighted by molar-refractivity contribution is 0.0746. The molecule has 6 heteroatoms. The molecule has 3 rings (SSSR count). The number of likely N-dealkylation sites (tertiary alicyclic amines) is 1. The zero-order chi connectivity index (χ0) is 19.2. The van der Waals surface area contributed by atoms with E-state index < -0.39 is 0 Å². The minimum Gasteiger partial charge on any atom is -0.497 e. The quantitative estimate of drug-likeness (QED) is 0.765. The number of aliphatic hydroxyl groups is 1. The van der Waals surface area contributed by atoms with Crippen molar-refractivity contribution in [1.82, 2.24) is 10.2 Å². The molecule has 0 unspecified atom stereocenters. The Morgan fingerprint density at radius 2 is 1.96 bits per heavy atom. The maximum atomic E-state index is 12.6. The maximum Gasteiger partial charge on any atom is 0.255 e. The third kappa shape index (κ3) is 5.14. The number of carbonyl (C=O) groups is 1. The van der Waals surface area contributed by atoms with E-state index >= 15 is 0 Å². The molecule has 1 heterocycles. The van der Waals surface area contributed by atoms with Crippen LogP contribution in [0.2, 0.25) is 0 Å². The lowest BCUT2D eigenvalue weighted by atomic mass is 10.0. The summed E-state index contributed by atoms with van der Waals surface area (Å²) in [5.41, 5.74) is 0.452. The van der Waals surface area contributed by atoms with Crippen LogP contribution in [-0.4, -0.2) is 60.9 Å². The lowest BCUT2D eigenvalue weighted by Crippen LogP contribution is -2.43. The topological polar surface area (TPSA) is 71.0 Å². The van der Waals surface area contributed by atoms with Gasteiger partial charge in [-0.05, 0) is 50.8 Å². The number of methoxy groups -OCH3 is 1. The summed E-state index contributed by atoms with van der Waals surface area (Å²) in [5.74, 6) is 0.937. The van der Waals surface area contributed by atoms with Crippen molar-refractivity contribution in [2.75, 3.05) is 26.8 Å². The standard InChI is InChI=1S/C21H32N2O4/c1-15(14-24)22-21(25)19-13-18(26-2)7-8-20(19)27-17-9-11-23(12-10-17)16-5-3-4-6-16/h7-8,13,15-17,24H,3-6,9-12,14H2,1-2H3,(H,22,25)/t15-/m1/s1. The van der Waals surface area contributed by atoms with Crippen LogP contribution in [0.1, 0.15) is 55.8 Å². The highest BCUT2D eigenvalue weighted by atomic mass is 16.5. The highest BCUT2D eigenvalue weighted by Crippen LogP contribution is 2.30. The number of nitrogens with one attached hydrogen (secondary N) is 1. The monoisotopic (exact) mass is 376 g/mol. The Morgan fingerprint density at radius 1 is 1.26 bits per heavy atom. The highest BCUT2D eigenvalue weighted by molar-refractivity contribution is 5.97. The first-order chi connectivity index (χ1) is 13.1. The number of amides is 1. The molecule has 1 saturated carbocycles. The van der Waals surface area contributed by atoms with Crippen molar-refractivity contribution in [3.05, 3.63) is 23.8 Å². The van der Waals surface area contributed by atoms with Crippen molar-refractivity contribution in [3.63, 3.8) is 0 Å². The number of benzene rings is 1. The largest absolute Gasteiger partial charge is 0.497 e. The average Bonchev–Trinajstić information content (AvgIpc) is 3.23. The van der Waals surface area contributed by atoms with Crippen LogP contribution < -0.4 is 14.8 Å². The number of hydrogen-bond donors (Lipinski definition) is 2. The normalized spacial score (nSPS) is 20.4. The minimum absolute atomic E-state index is 0.106. The second kappa shape index (κ2) is 9.42. The molecule has 27 heavy (non-hydrogen) atoms. The Kier molecular flexibility index (Phi) is 6.96. The number of ether oxygens (including phenoxy) is 2. The van der Waals surface area contributed by atoms with Crippen LogP contribution in [0.25, 0.3) is 0 Å². The molecule has 1 aliphatic carbocycles. The second-order valence-electron chi connectivity index (χ2n) is 7.71. The molecule has 1 saturated heterocycles. The molecular weight excluding hydrogens is 344 g/mol. The zero-order valence-corrected chi connectivity index (χ0v) is 16.4. The Balaban J connectivity index is 1.64. The van der Waals surface area contributed by atoms with E-state index in [0.29, 0.717) is 17.1 Å². The first-order valence-electron chi connectivity index (χ1n) is 10.1. The summed E-state index contributed by atoms with van der Waals surface area (Å²) < 4.78 is 11.5. The van der Waals surface area contributed by atoms with Gasteiger partial charge in [-0.25, -0.2) is 0 Å². The summed E-state index contributed by atoms with van der Waals surface area (Å²) in [4.78, 5) is 15.2. The fraction of sp³-hybridized carbons (Fsp3) is 0.667. The molecule has 1 aromatic carbocycles. The predicted molar refractivity (Wildman–Crippen MR) is 104 cm³/mol. The van der Waals surface area contributed by atoms with Gasteiger partial charge in [-0.15, -0.1) is 0 Å². The fourth-order valence-corrected chi connectivity index (χ4v) is 4.07. The van der Waals surface area contributed by atoms with Gasteiger partial charge in [-0.1, -0.05) is 12.8 Å². The van der Waals surface area contributed by atoms with E-state index in [2.05, 4.69) is 10.2 Å². The Hall–Kier alpha value is -1.79.